The van der Waals surface area contributed by atoms with Crippen LogP contribution in [0, 0.1) is 0 Å². The molecule has 2 aromatic rings. The van der Waals surface area contributed by atoms with Crippen molar-refractivity contribution in [2.45, 2.75) is 32.7 Å². The van der Waals surface area contributed by atoms with Crippen molar-refractivity contribution in [3.63, 3.8) is 0 Å². The second-order valence-electron chi connectivity index (χ2n) is 7.43. The van der Waals surface area contributed by atoms with Crippen LogP contribution in [-0.2, 0) is 4.79 Å². The lowest BCUT2D eigenvalue weighted by Crippen LogP contribution is -3.19. The first-order valence-electron chi connectivity index (χ1n) is 9.60. The number of rotatable bonds is 5. The Bertz CT molecular complexity index is 721. The fourth-order valence-electron chi connectivity index (χ4n) is 3.66. The van der Waals surface area contributed by atoms with E-state index in [-0.39, 0.29) is 11.9 Å². The van der Waals surface area contributed by atoms with Crippen molar-refractivity contribution >= 4 is 17.3 Å². The van der Waals surface area contributed by atoms with Gasteiger partial charge in [-0.1, -0.05) is 50.2 Å². The average Bonchev–Trinajstić information content (AvgIpc) is 2.68. The molecular weight excluding hydrogens is 322 g/mol. The number of hydrogen-bond donors (Lipinski definition) is 2. The molecule has 1 amide bonds. The molecule has 4 nitrogen and oxygen atoms in total. The Morgan fingerprint density at radius 3 is 2.23 bits per heavy atom. The molecule has 1 fully saturated rings. The SMILES string of the molecule is CC(C)c1ccccc1NC(=O)[C@H](C)[NH+]1CCN(c2ccccc2)CC1. The first kappa shape index (κ1) is 18.5. The third-order valence-corrected chi connectivity index (χ3v) is 5.37. The van der Waals surface area contributed by atoms with Gasteiger partial charge in [0.2, 0.25) is 0 Å². The van der Waals surface area contributed by atoms with E-state index in [1.165, 1.54) is 16.2 Å². The lowest BCUT2D eigenvalue weighted by Gasteiger charge is -2.36. The van der Waals surface area contributed by atoms with E-state index in [9.17, 15) is 4.79 Å². The van der Waals surface area contributed by atoms with Gasteiger partial charge in [-0.05, 0) is 36.6 Å². The summed E-state index contributed by atoms with van der Waals surface area (Å²) in [6, 6.07) is 18.6. The molecule has 0 aromatic heterocycles. The number of piperazine rings is 1. The zero-order chi connectivity index (χ0) is 18.5. The molecule has 0 unspecified atom stereocenters. The van der Waals surface area contributed by atoms with Gasteiger partial charge in [-0.25, -0.2) is 0 Å². The molecule has 138 valence electrons. The van der Waals surface area contributed by atoms with E-state index in [2.05, 4.69) is 54.4 Å². The van der Waals surface area contributed by atoms with Crippen molar-refractivity contribution in [3.8, 4) is 0 Å². The van der Waals surface area contributed by atoms with E-state index in [0.717, 1.165) is 31.9 Å². The fraction of sp³-hybridized carbons (Fsp3) is 0.409. The molecule has 0 radical (unpaired) electrons. The number of carbonyl (C=O) groups excluding carboxylic acids is 1. The largest absolute Gasteiger partial charge is 0.360 e. The summed E-state index contributed by atoms with van der Waals surface area (Å²) < 4.78 is 0. The van der Waals surface area contributed by atoms with Crippen LogP contribution in [0.15, 0.2) is 54.6 Å². The van der Waals surface area contributed by atoms with E-state index >= 15 is 0 Å². The highest BCUT2D eigenvalue weighted by Crippen LogP contribution is 2.23. The molecule has 1 atom stereocenters. The molecule has 1 saturated heterocycles. The number of nitrogens with zero attached hydrogens (tertiary/aromatic N) is 1. The second-order valence-corrected chi connectivity index (χ2v) is 7.43. The number of anilines is 2. The van der Waals surface area contributed by atoms with E-state index < -0.39 is 0 Å². The number of carbonyl (C=O) groups is 1. The molecule has 0 bridgehead atoms. The Hall–Kier alpha value is -2.33. The van der Waals surface area contributed by atoms with Crippen molar-refractivity contribution in [2.24, 2.45) is 0 Å². The number of nitrogens with one attached hydrogen (secondary N) is 2. The molecule has 2 N–H and O–H groups in total. The van der Waals surface area contributed by atoms with Crippen LogP contribution in [0.2, 0.25) is 0 Å². The number of amides is 1. The monoisotopic (exact) mass is 352 g/mol. The standard InChI is InChI=1S/C22H29N3O/c1-17(2)20-11-7-8-12-21(20)23-22(26)18(3)24-13-15-25(16-14-24)19-9-5-4-6-10-19/h4-12,17-18H,13-16H2,1-3H3,(H,23,26)/p+1/t18-/m0/s1. The minimum absolute atomic E-state index is 0.0480. The molecule has 0 aliphatic carbocycles. The van der Waals surface area contributed by atoms with Crippen molar-refractivity contribution in [2.75, 3.05) is 36.4 Å². The van der Waals surface area contributed by atoms with Crippen LogP contribution < -0.4 is 15.1 Å². The van der Waals surface area contributed by atoms with Gasteiger partial charge in [0.25, 0.3) is 5.91 Å². The zero-order valence-corrected chi connectivity index (χ0v) is 16.0. The Morgan fingerprint density at radius 1 is 0.962 bits per heavy atom. The van der Waals surface area contributed by atoms with Gasteiger partial charge in [0.05, 0.1) is 26.2 Å². The van der Waals surface area contributed by atoms with Gasteiger partial charge >= 0.3 is 0 Å². The molecule has 0 saturated carbocycles. The first-order chi connectivity index (χ1) is 12.6. The van der Waals surface area contributed by atoms with Crippen LogP contribution in [0.1, 0.15) is 32.3 Å². The smallest absolute Gasteiger partial charge is 0.282 e. The van der Waals surface area contributed by atoms with Gasteiger partial charge in [0, 0.05) is 11.4 Å². The molecule has 0 spiro atoms. The maximum absolute atomic E-state index is 12.8. The van der Waals surface area contributed by atoms with Gasteiger partial charge in [-0.2, -0.15) is 0 Å². The van der Waals surface area contributed by atoms with Crippen LogP contribution in [0.5, 0.6) is 0 Å². The predicted octanol–water partition coefficient (Wildman–Crippen LogP) is 2.54. The Morgan fingerprint density at radius 2 is 1.58 bits per heavy atom. The summed E-state index contributed by atoms with van der Waals surface area (Å²) in [6.45, 7) is 10.3. The summed E-state index contributed by atoms with van der Waals surface area (Å²) in [6.07, 6.45) is 0. The number of benzene rings is 2. The lowest BCUT2D eigenvalue weighted by atomic mass is 10.0. The maximum Gasteiger partial charge on any atom is 0.282 e. The van der Waals surface area contributed by atoms with E-state index in [1.54, 1.807) is 0 Å². The van der Waals surface area contributed by atoms with Gasteiger partial charge in [-0.15, -0.1) is 0 Å². The van der Waals surface area contributed by atoms with Gasteiger partial charge < -0.3 is 15.1 Å². The number of quaternary nitrogens is 1. The van der Waals surface area contributed by atoms with E-state index in [4.69, 9.17) is 0 Å². The summed E-state index contributed by atoms with van der Waals surface area (Å²) in [5.74, 6) is 0.504. The van der Waals surface area contributed by atoms with Gasteiger partial charge in [-0.3, -0.25) is 4.79 Å². The molecule has 3 rings (SSSR count). The molecular formula is C22H30N3O+. The highest BCUT2D eigenvalue weighted by Gasteiger charge is 2.29. The highest BCUT2D eigenvalue weighted by molar-refractivity contribution is 5.94. The molecule has 2 aromatic carbocycles. The van der Waals surface area contributed by atoms with Crippen LogP contribution >= 0.6 is 0 Å². The maximum atomic E-state index is 12.8. The topological polar surface area (TPSA) is 36.8 Å². The van der Waals surface area contributed by atoms with Crippen molar-refractivity contribution in [3.05, 3.63) is 60.2 Å². The summed E-state index contributed by atoms with van der Waals surface area (Å²) >= 11 is 0. The summed E-state index contributed by atoms with van der Waals surface area (Å²) in [5, 5.41) is 3.16. The average molecular weight is 353 g/mol. The molecule has 1 aliphatic heterocycles. The fourth-order valence-corrected chi connectivity index (χ4v) is 3.66. The Kier molecular flexibility index (Phi) is 5.94. The minimum Gasteiger partial charge on any atom is -0.360 e. The van der Waals surface area contributed by atoms with Gasteiger partial charge in [0.1, 0.15) is 0 Å². The van der Waals surface area contributed by atoms with Crippen LogP contribution in [0.25, 0.3) is 0 Å². The van der Waals surface area contributed by atoms with Gasteiger partial charge in [0.15, 0.2) is 6.04 Å². The minimum atomic E-state index is -0.0480. The lowest BCUT2D eigenvalue weighted by molar-refractivity contribution is -0.914. The predicted molar refractivity (Wildman–Crippen MR) is 108 cm³/mol. The van der Waals surface area contributed by atoms with Crippen LogP contribution in [-0.4, -0.2) is 38.1 Å². The summed E-state index contributed by atoms with van der Waals surface area (Å²) in [5.41, 5.74) is 3.41. The van der Waals surface area contributed by atoms with Crippen molar-refractivity contribution < 1.29 is 9.69 Å². The number of hydrogen-bond acceptors (Lipinski definition) is 2. The van der Waals surface area contributed by atoms with Crippen LogP contribution in [0.3, 0.4) is 0 Å². The van der Waals surface area contributed by atoms with E-state index in [0.29, 0.717) is 5.92 Å². The summed E-state index contributed by atoms with van der Waals surface area (Å²) in [7, 11) is 0. The molecule has 26 heavy (non-hydrogen) atoms. The first-order valence-corrected chi connectivity index (χ1v) is 9.60. The molecule has 1 aliphatic rings. The highest BCUT2D eigenvalue weighted by atomic mass is 16.2. The third kappa shape index (κ3) is 4.25. The van der Waals surface area contributed by atoms with E-state index in [1.807, 2.05) is 31.2 Å². The quantitative estimate of drug-likeness (QED) is 0.868. The van der Waals surface area contributed by atoms with Crippen molar-refractivity contribution in [1.82, 2.24) is 0 Å². The Balaban J connectivity index is 1.58. The Labute approximate surface area is 156 Å². The van der Waals surface area contributed by atoms with Crippen molar-refractivity contribution in [1.29, 1.82) is 0 Å². The molecule has 1 heterocycles. The zero-order valence-electron chi connectivity index (χ0n) is 16.0. The summed E-state index contributed by atoms with van der Waals surface area (Å²) in [4.78, 5) is 16.6. The molecule has 4 heteroatoms. The second kappa shape index (κ2) is 8.37. The third-order valence-electron chi connectivity index (χ3n) is 5.37. The number of para-hydroxylation sites is 2. The van der Waals surface area contributed by atoms with Crippen LogP contribution in [0.4, 0.5) is 11.4 Å². The normalized spacial score (nSPS) is 16.5.